The summed E-state index contributed by atoms with van der Waals surface area (Å²) in [5, 5.41) is 4.97. The molecule has 3 fully saturated rings. The standard InChI is InChI=1S/C20H17BrClN3O2/c21-13-4-8-15(9-5-13)25-19(26)16-17(12-2-6-14(22)7-3-12)23-10-1-11-24(23)18(16)20(25)27/h2-9,16-18H,1,10-11H2/t16-,17-,18-/m0/s1. The van der Waals surface area contributed by atoms with Crippen molar-refractivity contribution in [3.63, 3.8) is 0 Å². The molecule has 3 aliphatic rings. The molecule has 2 amide bonds. The topological polar surface area (TPSA) is 43.9 Å². The molecular formula is C20H17BrClN3O2. The number of halogens is 2. The summed E-state index contributed by atoms with van der Waals surface area (Å²) in [6.45, 7) is 1.66. The van der Waals surface area contributed by atoms with Gasteiger partial charge in [0.1, 0.15) is 6.04 Å². The second kappa shape index (κ2) is 6.41. The molecule has 0 spiro atoms. The minimum absolute atomic E-state index is 0.123. The highest BCUT2D eigenvalue weighted by Crippen LogP contribution is 2.49. The average Bonchev–Trinajstić information content (AvgIpc) is 3.30. The lowest BCUT2D eigenvalue weighted by Gasteiger charge is -2.29. The summed E-state index contributed by atoms with van der Waals surface area (Å²) in [5.41, 5.74) is 1.65. The van der Waals surface area contributed by atoms with E-state index < -0.39 is 12.0 Å². The molecule has 0 N–H and O–H groups in total. The van der Waals surface area contributed by atoms with Crippen LogP contribution < -0.4 is 4.90 Å². The second-order valence-corrected chi connectivity index (χ2v) is 8.49. The molecule has 3 aliphatic heterocycles. The Labute approximate surface area is 170 Å². The molecule has 138 valence electrons. The van der Waals surface area contributed by atoms with Crippen LogP contribution in [-0.4, -0.2) is 41.0 Å². The second-order valence-electron chi connectivity index (χ2n) is 7.14. The Morgan fingerprint density at radius 1 is 0.852 bits per heavy atom. The maximum atomic E-state index is 13.4. The number of carbonyl (C=O) groups excluding carboxylic acids is 2. The number of hydrazine groups is 1. The highest BCUT2D eigenvalue weighted by molar-refractivity contribution is 9.10. The summed E-state index contributed by atoms with van der Waals surface area (Å²) in [6, 6.07) is 14.4. The van der Waals surface area contributed by atoms with Crippen LogP contribution in [0.1, 0.15) is 18.0 Å². The molecule has 7 heteroatoms. The van der Waals surface area contributed by atoms with Crippen molar-refractivity contribution in [3.05, 3.63) is 63.6 Å². The zero-order valence-electron chi connectivity index (χ0n) is 14.4. The highest BCUT2D eigenvalue weighted by Gasteiger charge is 2.62. The van der Waals surface area contributed by atoms with E-state index in [9.17, 15) is 9.59 Å². The predicted molar refractivity (Wildman–Crippen MR) is 106 cm³/mol. The smallest absolute Gasteiger partial charge is 0.253 e. The van der Waals surface area contributed by atoms with Gasteiger partial charge in [-0.3, -0.25) is 9.59 Å². The Balaban J connectivity index is 1.57. The summed E-state index contributed by atoms with van der Waals surface area (Å²) < 4.78 is 0.912. The largest absolute Gasteiger partial charge is 0.274 e. The van der Waals surface area contributed by atoms with E-state index in [1.807, 2.05) is 36.4 Å². The van der Waals surface area contributed by atoms with E-state index >= 15 is 0 Å². The molecule has 27 heavy (non-hydrogen) atoms. The van der Waals surface area contributed by atoms with Crippen LogP contribution >= 0.6 is 27.5 Å². The van der Waals surface area contributed by atoms with Gasteiger partial charge >= 0.3 is 0 Å². The molecule has 5 rings (SSSR count). The number of anilines is 1. The molecule has 0 saturated carbocycles. The fraction of sp³-hybridized carbons (Fsp3) is 0.300. The first-order valence-electron chi connectivity index (χ1n) is 8.98. The fourth-order valence-corrected chi connectivity index (χ4v) is 5.01. The monoisotopic (exact) mass is 445 g/mol. The molecule has 0 bridgehead atoms. The maximum absolute atomic E-state index is 13.4. The van der Waals surface area contributed by atoms with E-state index in [4.69, 9.17) is 11.6 Å². The van der Waals surface area contributed by atoms with Gasteiger partial charge in [-0.15, -0.1) is 0 Å². The van der Waals surface area contributed by atoms with E-state index in [0.29, 0.717) is 10.7 Å². The number of fused-ring (bicyclic) bond motifs is 3. The van der Waals surface area contributed by atoms with Crippen molar-refractivity contribution < 1.29 is 9.59 Å². The van der Waals surface area contributed by atoms with Crippen LogP contribution in [0.4, 0.5) is 5.69 Å². The fourth-order valence-electron chi connectivity index (χ4n) is 4.62. The molecule has 0 aromatic heterocycles. The van der Waals surface area contributed by atoms with Gasteiger partial charge in [-0.1, -0.05) is 39.7 Å². The van der Waals surface area contributed by atoms with Gasteiger partial charge in [-0.05, 0) is 48.4 Å². The van der Waals surface area contributed by atoms with Crippen molar-refractivity contribution in [2.45, 2.75) is 18.5 Å². The van der Waals surface area contributed by atoms with E-state index in [1.54, 1.807) is 12.1 Å². The number of hydrogen-bond donors (Lipinski definition) is 0. The van der Waals surface area contributed by atoms with E-state index in [1.165, 1.54) is 4.90 Å². The molecular weight excluding hydrogens is 430 g/mol. The molecule has 3 atom stereocenters. The van der Waals surface area contributed by atoms with Crippen molar-refractivity contribution in [1.82, 2.24) is 10.0 Å². The van der Waals surface area contributed by atoms with Gasteiger partial charge in [0.15, 0.2) is 0 Å². The van der Waals surface area contributed by atoms with Gasteiger partial charge in [0, 0.05) is 22.6 Å². The van der Waals surface area contributed by atoms with Crippen LogP contribution in [0, 0.1) is 5.92 Å². The molecule has 3 heterocycles. The lowest BCUT2D eigenvalue weighted by atomic mass is 9.90. The van der Waals surface area contributed by atoms with E-state index in [0.717, 1.165) is 29.5 Å². The number of rotatable bonds is 2. The number of benzene rings is 2. The van der Waals surface area contributed by atoms with Gasteiger partial charge in [0.05, 0.1) is 17.6 Å². The third-order valence-electron chi connectivity index (χ3n) is 5.70. The van der Waals surface area contributed by atoms with Crippen LogP contribution in [0.15, 0.2) is 53.0 Å². The summed E-state index contributed by atoms with van der Waals surface area (Å²) in [5.74, 6) is -0.653. The predicted octanol–water partition coefficient (Wildman–Crippen LogP) is 3.64. The molecule has 3 saturated heterocycles. The molecule has 0 aliphatic carbocycles. The summed E-state index contributed by atoms with van der Waals surface area (Å²) in [6.07, 6.45) is 0.993. The Morgan fingerprint density at radius 2 is 1.48 bits per heavy atom. The van der Waals surface area contributed by atoms with E-state index in [-0.39, 0.29) is 17.9 Å². The number of amides is 2. The minimum Gasteiger partial charge on any atom is -0.274 e. The van der Waals surface area contributed by atoms with Crippen molar-refractivity contribution in [2.75, 3.05) is 18.0 Å². The summed E-state index contributed by atoms with van der Waals surface area (Å²) >= 11 is 9.45. The third kappa shape index (κ3) is 2.58. The Kier molecular flexibility index (Phi) is 4.13. The first kappa shape index (κ1) is 17.4. The lowest BCUT2D eigenvalue weighted by molar-refractivity contribution is -0.126. The van der Waals surface area contributed by atoms with E-state index in [2.05, 4.69) is 25.9 Å². The zero-order chi connectivity index (χ0) is 18.7. The Morgan fingerprint density at radius 3 is 2.15 bits per heavy atom. The van der Waals surface area contributed by atoms with Crippen LogP contribution in [0.5, 0.6) is 0 Å². The number of nitrogens with zero attached hydrogens (tertiary/aromatic N) is 3. The molecule has 2 aromatic carbocycles. The minimum atomic E-state index is -0.427. The SMILES string of the molecule is O=C1[C@@H]2[C@@H](C(=O)N1c1ccc(Br)cc1)N1CCCN1[C@H]2c1ccc(Cl)cc1. The molecule has 2 aromatic rings. The van der Waals surface area contributed by atoms with Crippen molar-refractivity contribution >= 4 is 45.0 Å². The van der Waals surface area contributed by atoms with Gasteiger partial charge in [-0.2, -0.15) is 0 Å². The quantitative estimate of drug-likeness (QED) is 0.661. The van der Waals surface area contributed by atoms with Crippen molar-refractivity contribution in [2.24, 2.45) is 5.92 Å². The first-order chi connectivity index (χ1) is 13.1. The Hall–Kier alpha value is -1.73. The molecule has 0 unspecified atom stereocenters. The Bertz CT molecular complexity index is 918. The van der Waals surface area contributed by atoms with Gasteiger partial charge in [0.2, 0.25) is 5.91 Å². The molecule has 5 nitrogen and oxygen atoms in total. The lowest BCUT2D eigenvalue weighted by Crippen LogP contribution is -2.44. The van der Waals surface area contributed by atoms with Crippen molar-refractivity contribution in [3.8, 4) is 0 Å². The summed E-state index contributed by atoms with van der Waals surface area (Å²) in [7, 11) is 0. The summed E-state index contributed by atoms with van der Waals surface area (Å²) in [4.78, 5) is 28.0. The van der Waals surface area contributed by atoms with Crippen LogP contribution in [0.25, 0.3) is 0 Å². The van der Waals surface area contributed by atoms with Crippen LogP contribution in [0.2, 0.25) is 5.02 Å². The van der Waals surface area contributed by atoms with Crippen LogP contribution in [-0.2, 0) is 9.59 Å². The van der Waals surface area contributed by atoms with Gasteiger partial charge < -0.3 is 0 Å². The molecule has 0 radical (unpaired) electrons. The normalized spacial score (nSPS) is 28.1. The van der Waals surface area contributed by atoms with Crippen LogP contribution in [0.3, 0.4) is 0 Å². The maximum Gasteiger partial charge on any atom is 0.253 e. The number of imide groups is 1. The van der Waals surface area contributed by atoms with Gasteiger partial charge in [-0.25, -0.2) is 14.9 Å². The average molecular weight is 447 g/mol. The highest BCUT2D eigenvalue weighted by atomic mass is 79.9. The first-order valence-corrected chi connectivity index (χ1v) is 10.2. The van der Waals surface area contributed by atoms with Crippen molar-refractivity contribution in [1.29, 1.82) is 0 Å². The van der Waals surface area contributed by atoms with Gasteiger partial charge in [0.25, 0.3) is 5.91 Å². The number of hydrogen-bond acceptors (Lipinski definition) is 4. The zero-order valence-corrected chi connectivity index (χ0v) is 16.7. The third-order valence-corrected chi connectivity index (χ3v) is 6.48. The number of carbonyl (C=O) groups is 2.